The molecule has 1 aromatic carbocycles. The third-order valence-corrected chi connectivity index (χ3v) is 3.91. The van der Waals surface area contributed by atoms with E-state index in [1.165, 1.54) is 12.1 Å². The maximum Gasteiger partial charge on any atom is 0.255 e. The number of benzene rings is 1. The second-order valence-corrected chi connectivity index (χ2v) is 6.04. The van der Waals surface area contributed by atoms with Gasteiger partial charge in [0, 0.05) is 24.6 Å². The molecular weight excluding hydrogens is 319 g/mol. The van der Waals surface area contributed by atoms with Gasteiger partial charge in [0.15, 0.2) is 0 Å². The van der Waals surface area contributed by atoms with Gasteiger partial charge in [0.2, 0.25) is 0 Å². The zero-order valence-electron chi connectivity index (χ0n) is 14.1. The Hall–Kier alpha value is -3.02. The van der Waals surface area contributed by atoms with Gasteiger partial charge in [-0.2, -0.15) is 5.10 Å². The van der Waals surface area contributed by atoms with Crippen molar-refractivity contribution in [3.8, 4) is 0 Å². The Morgan fingerprint density at radius 1 is 1.08 bits per heavy atom. The summed E-state index contributed by atoms with van der Waals surface area (Å²) >= 11 is 0. The summed E-state index contributed by atoms with van der Waals surface area (Å²) in [5, 5.41) is 7.19. The highest BCUT2D eigenvalue weighted by Gasteiger charge is 2.19. The van der Waals surface area contributed by atoms with E-state index in [0.717, 1.165) is 11.1 Å². The quantitative estimate of drug-likeness (QED) is 0.774. The van der Waals surface area contributed by atoms with E-state index in [-0.39, 0.29) is 17.8 Å². The Labute approximate surface area is 145 Å². The van der Waals surface area contributed by atoms with Crippen LogP contribution in [0, 0.1) is 5.82 Å². The van der Waals surface area contributed by atoms with Crippen LogP contribution in [0.2, 0.25) is 0 Å². The van der Waals surface area contributed by atoms with E-state index >= 15 is 0 Å². The maximum atomic E-state index is 13.3. The average molecular weight is 338 g/mol. The van der Waals surface area contributed by atoms with Gasteiger partial charge >= 0.3 is 0 Å². The van der Waals surface area contributed by atoms with Crippen molar-refractivity contribution in [2.24, 2.45) is 0 Å². The molecule has 0 aliphatic rings. The summed E-state index contributed by atoms with van der Waals surface area (Å²) in [6.45, 7) is 3.99. The van der Waals surface area contributed by atoms with Gasteiger partial charge in [-0.3, -0.25) is 14.5 Å². The van der Waals surface area contributed by atoms with Crippen LogP contribution >= 0.6 is 0 Å². The molecule has 0 bridgehead atoms. The minimum atomic E-state index is -0.404. The van der Waals surface area contributed by atoms with Crippen molar-refractivity contribution in [2.75, 3.05) is 0 Å². The largest absolute Gasteiger partial charge is 0.341 e. The lowest BCUT2D eigenvalue weighted by Crippen LogP contribution is -2.29. The van der Waals surface area contributed by atoms with Crippen LogP contribution in [0.5, 0.6) is 0 Å². The summed E-state index contributed by atoms with van der Waals surface area (Å²) < 4.78 is 15.0. The molecule has 1 N–H and O–H groups in total. The first-order chi connectivity index (χ1) is 12.0. The zero-order valence-corrected chi connectivity index (χ0v) is 14.1. The van der Waals surface area contributed by atoms with Crippen molar-refractivity contribution in [3.63, 3.8) is 0 Å². The highest BCUT2D eigenvalue weighted by Crippen LogP contribution is 2.22. The molecule has 0 saturated carbocycles. The smallest absolute Gasteiger partial charge is 0.255 e. The fourth-order valence-corrected chi connectivity index (χ4v) is 2.52. The molecule has 0 radical (unpaired) electrons. The second-order valence-electron chi connectivity index (χ2n) is 6.04. The monoisotopic (exact) mass is 338 g/mol. The molecule has 0 unspecified atom stereocenters. The first kappa shape index (κ1) is 16.8. The molecule has 0 aliphatic carbocycles. The van der Waals surface area contributed by atoms with Crippen LogP contribution in [-0.2, 0) is 0 Å². The lowest BCUT2D eigenvalue weighted by Gasteiger charge is -2.19. The average Bonchev–Trinajstić information content (AvgIpc) is 3.12. The van der Waals surface area contributed by atoms with Crippen LogP contribution in [0.4, 0.5) is 4.39 Å². The summed E-state index contributed by atoms with van der Waals surface area (Å²) in [6, 6.07) is 9.51. The molecule has 3 rings (SSSR count). The van der Waals surface area contributed by atoms with Crippen LogP contribution in [0.1, 0.15) is 47.4 Å². The van der Waals surface area contributed by atoms with Crippen molar-refractivity contribution in [1.82, 2.24) is 20.1 Å². The minimum Gasteiger partial charge on any atom is -0.341 e. The minimum absolute atomic E-state index is 0.176. The first-order valence-corrected chi connectivity index (χ1v) is 8.05. The molecule has 0 fully saturated rings. The van der Waals surface area contributed by atoms with Gasteiger partial charge in [-0.25, -0.2) is 4.39 Å². The number of aromatic nitrogens is 3. The van der Waals surface area contributed by atoms with E-state index < -0.39 is 6.04 Å². The molecule has 2 heterocycles. The molecule has 25 heavy (non-hydrogen) atoms. The van der Waals surface area contributed by atoms with E-state index in [4.69, 9.17) is 0 Å². The molecule has 1 atom stereocenters. The number of carbonyl (C=O) groups is 1. The van der Waals surface area contributed by atoms with Gasteiger partial charge in [0.1, 0.15) is 5.82 Å². The van der Waals surface area contributed by atoms with Crippen LogP contribution in [0.25, 0.3) is 0 Å². The summed E-state index contributed by atoms with van der Waals surface area (Å²) in [5.74, 6) is -0.556. The number of halogens is 1. The molecule has 0 spiro atoms. The van der Waals surface area contributed by atoms with Crippen molar-refractivity contribution in [1.29, 1.82) is 0 Å². The van der Waals surface area contributed by atoms with Gasteiger partial charge in [0.25, 0.3) is 5.91 Å². The van der Waals surface area contributed by atoms with E-state index in [1.807, 2.05) is 26.0 Å². The molecule has 5 nitrogen and oxygen atoms in total. The van der Waals surface area contributed by atoms with Crippen molar-refractivity contribution in [2.45, 2.75) is 25.9 Å². The van der Waals surface area contributed by atoms with E-state index in [1.54, 1.807) is 41.6 Å². The fraction of sp³-hybridized carbons (Fsp3) is 0.211. The fourth-order valence-electron chi connectivity index (χ4n) is 2.52. The lowest BCUT2D eigenvalue weighted by atomic mass is 9.99. The molecule has 0 saturated heterocycles. The predicted octanol–water partition coefficient (Wildman–Crippen LogP) is 3.52. The van der Waals surface area contributed by atoms with Gasteiger partial charge in [-0.1, -0.05) is 12.1 Å². The Bertz CT molecular complexity index is 843. The van der Waals surface area contributed by atoms with Gasteiger partial charge in [-0.05, 0) is 49.2 Å². The SMILES string of the molecule is CC(C)n1cc(C(=O)N[C@@H](c2ccncc2)c2ccc(F)cc2)cn1. The highest BCUT2D eigenvalue weighted by molar-refractivity contribution is 5.94. The molecule has 3 aromatic rings. The highest BCUT2D eigenvalue weighted by atomic mass is 19.1. The number of amides is 1. The second kappa shape index (κ2) is 7.25. The first-order valence-electron chi connectivity index (χ1n) is 8.05. The molecule has 1 amide bonds. The standard InChI is InChI=1S/C19H19FN4O/c1-13(2)24-12-16(11-22-24)19(25)23-18(15-7-9-21-10-8-15)14-3-5-17(20)6-4-14/h3-13,18H,1-2H3,(H,23,25)/t18-/m1/s1. The summed E-state index contributed by atoms with van der Waals surface area (Å²) in [4.78, 5) is 16.7. The molecule has 128 valence electrons. The Morgan fingerprint density at radius 2 is 1.72 bits per heavy atom. The van der Waals surface area contributed by atoms with Crippen molar-refractivity contribution in [3.05, 3.63) is 83.7 Å². The number of pyridine rings is 1. The number of hydrogen-bond acceptors (Lipinski definition) is 3. The van der Waals surface area contributed by atoms with Crippen molar-refractivity contribution < 1.29 is 9.18 Å². The van der Waals surface area contributed by atoms with Crippen LogP contribution < -0.4 is 5.32 Å². The Kier molecular flexibility index (Phi) is 4.88. The van der Waals surface area contributed by atoms with E-state index in [9.17, 15) is 9.18 Å². The summed E-state index contributed by atoms with van der Waals surface area (Å²) in [7, 11) is 0. The zero-order chi connectivity index (χ0) is 17.8. The van der Waals surface area contributed by atoms with E-state index in [0.29, 0.717) is 5.56 Å². The third kappa shape index (κ3) is 3.91. The van der Waals surface area contributed by atoms with E-state index in [2.05, 4.69) is 15.4 Å². The van der Waals surface area contributed by atoms with Gasteiger partial charge in [-0.15, -0.1) is 0 Å². The Balaban J connectivity index is 1.89. The van der Waals surface area contributed by atoms with Gasteiger partial charge < -0.3 is 5.32 Å². The molecular formula is C19H19FN4O. The van der Waals surface area contributed by atoms with Crippen LogP contribution in [0.15, 0.2) is 61.2 Å². The normalized spacial score (nSPS) is 12.2. The number of nitrogens with zero attached hydrogens (tertiary/aromatic N) is 3. The summed E-state index contributed by atoms with van der Waals surface area (Å²) in [6.07, 6.45) is 6.58. The Morgan fingerprint density at radius 3 is 2.32 bits per heavy atom. The van der Waals surface area contributed by atoms with Crippen LogP contribution in [-0.4, -0.2) is 20.7 Å². The molecule has 2 aromatic heterocycles. The third-order valence-electron chi connectivity index (χ3n) is 3.91. The maximum absolute atomic E-state index is 13.3. The predicted molar refractivity (Wildman–Crippen MR) is 92.6 cm³/mol. The summed E-state index contributed by atoms with van der Waals surface area (Å²) in [5.41, 5.74) is 2.14. The number of rotatable bonds is 5. The number of carbonyl (C=O) groups excluding carboxylic acids is 1. The molecule has 0 aliphatic heterocycles. The number of nitrogens with one attached hydrogen (secondary N) is 1. The number of hydrogen-bond donors (Lipinski definition) is 1. The molecule has 6 heteroatoms. The van der Waals surface area contributed by atoms with Crippen molar-refractivity contribution >= 4 is 5.91 Å². The lowest BCUT2D eigenvalue weighted by molar-refractivity contribution is 0.0943. The van der Waals surface area contributed by atoms with Crippen LogP contribution in [0.3, 0.4) is 0 Å². The topological polar surface area (TPSA) is 59.8 Å². The van der Waals surface area contributed by atoms with Gasteiger partial charge in [0.05, 0.1) is 17.8 Å².